The van der Waals surface area contributed by atoms with E-state index >= 15 is 0 Å². The van der Waals surface area contributed by atoms with Gasteiger partial charge in [0.1, 0.15) is 5.54 Å². The van der Waals surface area contributed by atoms with Crippen molar-refractivity contribution in [2.75, 3.05) is 20.6 Å². The lowest BCUT2D eigenvalue weighted by molar-refractivity contribution is -0.949. The van der Waals surface area contributed by atoms with E-state index in [0.29, 0.717) is 0 Å². The van der Waals surface area contributed by atoms with E-state index in [4.69, 9.17) is 0 Å². The van der Waals surface area contributed by atoms with Crippen molar-refractivity contribution in [2.45, 2.75) is 39.2 Å². The highest BCUT2D eigenvalue weighted by Gasteiger charge is 2.42. The van der Waals surface area contributed by atoms with Crippen molar-refractivity contribution in [1.82, 2.24) is 0 Å². The van der Waals surface area contributed by atoms with Crippen LogP contribution in [0, 0.1) is 0 Å². The molecule has 16 heavy (non-hydrogen) atoms. The minimum absolute atomic E-state index is 0.260. The molecule has 1 aromatic carbocycles. The van der Waals surface area contributed by atoms with Crippen molar-refractivity contribution in [1.29, 1.82) is 0 Å². The average Bonchev–Trinajstić information content (AvgIpc) is 2.32. The maximum atomic E-state index is 2.35. The fraction of sp³-hybridized carbons (Fsp3) is 0.600. The van der Waals surface area contributed by atoms with Crippen LogP contribution >= 0.6 is 0 Å². The quantitative estimate of drug-likeness (QED) is 0.662. The van der Waals surface area contributed by atoms with Crippen LogP contribution in [0.4, 0.5) is 0 Å². The maximum absolute atomic E-state index is 2.35. The van der Waals surface area contributed by atoms with Gasteiger partial charge in [-0.25, -0.2) is 0 Å². The summed E-state index contributed by atoms with van der Waals surface area (Å²) in [6.45, 7) is 8.07. The van der Waals surface area contributed by atoms with E-state index < -0.39 is 0 Å². The van der Waals surface area contributed by atoms with Gasteiger partial charge in [-0.2, -0.15) is 0 Å². The summed E-state index contributed by atoms with van der Waals surface area (Å²) in [5.74, 6) is 0. The molecule has 0 N–H and O–H groups in total. The first-order chi connectivity index (χ1) is 7.54. The topological polar surface area (TPSA) is 0 Å². The molecule has 0 spiro atoms. The second-order valence-corrected chi connectivity index (χ2v) is 5.11. The molecule has 1 nitrogen and oxygen atoms in total. The van der Waals surface area contributed by atoms with Gasteiger partial charge in [0.2, 0.25) is 0 Å². The standard InChI is InChI=1S/C15H26N/c1-6-15(7-2,16(4,5)8-3)14-12-10-9-11-13-14/h9-13H,6-8H2,1-5H3/q+1. The van der Waals surface area contributed by atoms with Gasteiger partial charge >= 0.3 is 0 Å². The van der Waals surface area contributed by atoms with Gasteiger partial charge < -0.3 is 4.48 Å². The Balaban J connectivity index is 3.27. The van der Waals surface area contributed by atoms with Crippen LogP contribution in [-0.2, 0) is 5.54 Å². The summed E-state index contributed by atoms with van der Waals surface area (Å²) < 4.78 is 1.06. The van der Waals surface area contributed by atoms with Crippen molar-refractivity contribution in [3.8, 4) is 0 Å². The third-order valence-electron chi connectivity index (χ3n) is 4.43. The highest BCUT2D eigenvalue weighted by Crippen LogP contribution is 2.38. The molecule has 0 heterocycles. The molecule has 0 saturated carbocycles. The minimum Gasteiger partial charge on any atom is -0.320 e. The Morgan fingerprint density at radius 3 is 1.81 bits per heavy atom. The average molecular weight is 220 g/mol. The van der Waals surface area contributed by atoms with Crippen LogP contribution in [0.2, 0.25) is 0 Å². The van der Waals surface area contributed by atoms with Crippen LogP contribution < -0.4 is 0 Å². The molecular formula is C15H26N+. The fourth-order valence-corrected chi connectivity index (χ4v) is 2.91. The Labute approximate surface area is 101 Å². The normalized spacial score (nSPS) is 12.8. The Kier molecular flexibility index (Phi) is 4.15. The van der Waals surface area contributed by atoms with Crippen molar-refractivity contribution >= 4 is 0 Å². The molecule has 0 radical (unpaired) electrons. The molecule has 0 saturated heterocycles. The van der Waals surface area contributed by atoms with Gasteiger partial charge in [-0.15, -0.1) is 0 Å². The number of benzene rings is 1. The molecule has 90 valence electrons. The van der Waals surface area contributed by atoms with Crippen LogP contribution in [0.3, 0.4) is 0 Å². The van der Waals surface area contributed by atoms with Gasteiger partial charge in [0, 0.05) is 18.4 Å². The van der Waals surface area contributed by atoms with Crippen LogP contribution in [0.15, 0.2) is 30.3 Å². The van der Waals surface area contributed by atoms with Gasteiger partial charge in [0.25, 0.3) is 0 Å². The first-order valence-corrected chi connectivity index (χ1v) is 6.42. The molecule has 0 amide bonds. The molecule has 0 fully saturated rings. The van der Waals surface area contributed by atoms with E-state index in [9.17, 15) is 0 Å². The van der Waals surface area contributed by atoms with Gasteiger partial charge in [0.15, 0.2) is 0 Å². The highest BCUT2D eigenvalue weighted by atomic mass is 15.4. The first-order valence-electron chi connectivity index (χ1n) is 6.42. The molecule has 0 unspecified atom stereocenters. The first kappa shape index (κ1) is 13.2. The van der Waals surface area contributed by atoms with Crippen molar-refractivity contribution < 1.29 is 4.48 Å². The molecule has 0 aliphatic rings. The van der Waals surface area contributed by atoms with Crippen LogP contribution in [0.25, 0.3) is 0 Å². The molecule has 0 aliphatic carbocycles. The summed E-state index contributed by atoms with van der Waals surface area (Å²) in [6, 6.07) is 11.0. The van der Waals surface area contributed by atoms with E-state index in [2.05, 4.69) is 65.2 Å². The van der Waals surface area contributed by atoms with Gasteiger partial charge in [-0.1, -0.05) is 44.2 Å². The zero-order valence-corrected chi connectivity index (χ0v) is 11.5. The lowest BCUT2D eigenvalue weighted by Crippen LogP contribution is -2.56. The Morgan fingerprint density at radius 1 is 0.938 bits per heavy atom. The molecular weight excluding hydrogens is 194 g/mol. The summed E-state index contributed by atoms with van der Waals surface area (Å²) in [4.78, 5) is 0. The molecule has 1 heteroatoms. The third-order valence-corrected chi connectivity index (χ3v) is 4.43. The fourth-order valence-electron chi connectivity index (χ4n) is 2.91. The lowest BCUT2D eigenvalue weighted by Gasteiger charge is -2.48. The summed E-state index contributed by atoms with van der Waals surface area (Å²) in [6.07, 6.45) is 2.38. The predicted octanol–water partition coefficient (Wildman–Crippen LogP) is 3.80. The number of quaternary nitrogens is 1. The molecule has 1 aromatic rings. The smallest absolute Gasteiger partial charge is 0.124 e. The van der Waals surface area contributed by atoms with E-state index in [0.717, 1.165) is 11.0 Å². The predicted molar refractivity (Wildman–Crippen MR) is 71.4 cm³/mol. The maximum Gasteiger partial charge on any atom is 0.124 e. The molecule has 0 aromatic heterocycles. The number of rotatable bonds is 5. The number of hydrogen-bond acceptors (Lipinski definition) is 0. The zero-order valence-electron chi connectivity index (χ0n) is 11.5. The van der Waals surface area contributed by atoms with E-state index in [1.807, 2.05) is 0 Å². The van der Waals surface area contributed by atoms with Crippen molar-refractivity contribution in [2.24, 2.45) is 0 Å². The zero-order chi connectivity index (χ0) is 12.2. The van der Waals surface area contributed by atoms with Crippen LogP contribution in [-0.4, -0.2) is 25.1 Å². The number of nitrogens with zero attached hydrogens (tertiary/aromatic N) is 1. The van der Waals surface area contributed by atoms with Gasteiger partial charge in [-0.05, 0) is 6.92 Å². The minimum atomic E-state index is 0.260. The summed E-state index contributed by atoms with van der Waals surface area (Å²) in [5.41, 5.74) is 1.74. The monoisotopic (exact) mass is 220 g/mol. The largest absolute Gasteiger partial charge is 0.320 e. The van der Waals surface area contributed by atoms with Crippen LogP contribution in [0.1, 0.15) is 39.2 Å². The third kappa shape index (κ3) is 2.01. The lowest BCUT2D eigenvalue weighted by atomic mass is 9.81. The summed E-state index contributed by atoms with van der Waals surface area (Å²) in [5, 5.41) is 0. The Morgan fingerprint density at radius 2 is 1.44 bits per heavy atom. The molecule has 1 rings (SSSR count). The summed E-state index contributed by atoms with van der Waals surface area (Å²) >= 11 is 0. The van der Waals surface area contributed by atoms with Crippen molar-refractivity contribution in [3.63, 3.8) is 0 Å². The second-order valence-electron chi connectivity index (χ2n) is 5.11. The van der Waals surface area contributed by atoms with Crippen LogP contribution in [0.5, 0.6) is 0 Å². The molecule has 0 atom stereocenters. The second kappa shape index (κ2) is 5.01. The van der Waals surface area contributed by atoms with Gasteiger partial charge in [-0.3, -0.25) is 0 Å². The molecule has 0 bridgehead atoms. The number of hydrogen-bond donors (Lipinski definition) is 0. The Hall–Kier alpha value is -0.820. The van der Waals surface area contributed by atoms with Gasteiger partial charge in [0.05, 0.1) is 20.6 Å². The van der Waals surface area contributed by atoms with Crippen molar-refractivity contribution in [3.05, 3.63) is 35.9 Å². The summed E-state index contributed by atoms with van der Waals surface area (Å²) in [7, 11) is 4.69. The molecule has 0 aliphatic heterocycles. The Bertz CT molecular complexity index is 309. The van der Waals surface area contributed by atoms with E-state index in [1.165, 1.54) is 18.4 Å². The highest BCUT2D eigenvalue weighted by molar-refractivity contribution is 5.22. The van der Waals surface area contributed by atoms with E-state index in [1.54, 1.807) is 0 Å². The van der Waals surface area contributed by atoms with E-state index in [-0.39, 0.29) is 5.54 Å². The SMILES string of the molecule is CCC(CC)(c1ccccc1)[N+](C)(C)CC.